The monoisotopic (exact) mass is 404 g/mol. The summed E-state index contributed by atoms with van der Waals surface area (Å²) in [6.07, 6.45) is 9.25. The first-order valence-corrected chi connectivity index (χ1v) is 10.6. The van der Waals surface area contributed by atoms with Crippen molar-refractivity contribution in [3.8, 4) is 0 Å². The Bertz CT molecular complexity index is 949. The first-order chi connectivity index (χ1) is 14.5. The van der Waals surface area contributed by atoms with Gasteiger partial charge in [-0.25, -0.2) is 9.88 Å². The van der Waals surface area contributed by atoms with Crippen LogP contribution in [0.15, 0.2) is 53.7 Å². The van der Waals surface area contributed by atoms with Crippen LogP contribution in [-0.2, 0) is 4.79 Å². The molecule has 156 valence electrons. The van der Waals surface area contributed by atoms with Gasteiger partial charge >= 0.3 is 0 Å². The Morgan fingerprint density at radius 1 is 1.10 bits per heavy atom. The summed E-state index contributed by atoms with van der Waals surface area (Å²) in [5, 5.41) is 0. The molecule has 1 aromatic carbocycles. The van der Waals surface area contributed by atoms with Crippen LogP contribution in [0.2, 0.25) is 0 Å². The first kappa shape index (κ1) is 20.4. The first-order valence-electron chi connectivity index (χ1n) is 10.6. The predicted octanol–water partition coefficient (Wildman–Crippen LogP) is 3.69. The number of aromatic nitrogens is 1. The number of pyridine rings is 1. The lowest BCUT2D eigenvalue weighted by Crippen LogP contribution is -2.49. The normalized spacial score (nSPS) is 21.3. The molecule has 1 aliphatic carbocycles. The van der Waals surface area contributed by atoms with Gasteiger partial charge < -0.3 is 4.90 Å². The number of likely N-dealkylation sites (N-methyl/N-ethyl adjacent to an activating group) is 1. The highest BCUT2D eigenvalue weighted by atomic mass is 16.2. The molecule has 4 rings (SSSR count). The Morgan fingerprint density at radius 2 is 1.83 bits per heavy atom. The molecule has 2 aromatic rings. The van der Waals surface area contributed by atoms with Crippen molar-refractivity contribution in [2.75, 3.05) is 25.5 Å². The van der Waals surface area contributed by atoms with Crippen LogP contribution in [0.25, 0.3) is 0 Å². The molecular formula is C24H28N4O2. The number of carbonyl (C=O) groups excluding carboxylic acids is 2. The Kier molecular flexibility index (Phi) is 5.77. The van der Waals surface area contributed by atoms with Crippen LogP contribution in [0.1, 0.15) is 53.9 Å². The smallest absolute Gasteiger partial charge is 0.266 e. The third-order valence-electron chi connectivity index (χ3n) is 6.47. The van der Waals surface area contributed by atoms with Gasteiger partial charge in [-0.3, -0.25) is 14.6 Å². The molecule has 0 spiro atoms. The molecular weight excluding hydrogens is 376 g/mol. The van der Waals surface area contributed by atoms with Gasteiger partial charge in [0, 0.05) is 23.5 Å². The molecule has 0 saturated heterocycles. The maximum absolute atomic E-state index is 13.4. The number of anilines is 1. The van der Waals surface area contributed by atoms with Crippen molar-refractivity contribution in [1.29, 1.82) is 0 Å². The predicted molar refractivity (Wildman–Crippen MR) is 118 cm³/mol. The molecule has 6 nitrogen and oxygen atoms in total. The van der Waals surface area contributed by atoms with Gasteiger partial charge in [0.1, 0.15) is 5.82 Å². The van der Waals surface area contributed by atoms with E-state index in [1.165, 1.54) is 24.2 Å². The summed E-state index contributed by atoms with van der Waals surface area (Å²) in [7, 11) is 4.23. The van der Waals surface area contributed by atoms with Crippen molar-refractivity contribution in [3.05, 3.63) is 59.8 Å². The Labute approximate surface area is 177 Å². The second-order valence-corrected chi connectivity index (χ2v) is 8.40. The highest BCUT2D eigenvalue weighted by Crippen LogP contribution is 2.34. The van der Waals surface area contributed by atoms with Crippen molar-refractivity contribution in [3.63, 3.8) is 0 Å². The van der Waals surface area contributed by atoms with E-state index in [1.807, 2.05) is 18.2 Å². The van der Waals surface area contributed by atoms with Crippen molar-refractivity contribution < 1.29 is 9.59 Å². The number of hydrogen-bond donors (Lipinski definition) is 0. The van der Waals surface area contributed by atoms with Crippen LogP contribution in [-0.4, -0.2) is 54.1 Å². The van der Waals surface area contributed by atoms with Gasteiger partial charge in [-0.2, -0.15) is 0 Å². The van der Waals surface area contributed by atoms with Gasteiger partial charge in [0.2, 0.25) is 5.91 Å². The minimum Gasteiger partial charge on any atom is -0.302 e. The van der Waals surface area contributed by atoms with E-state index >= 15 is 0 Å². The molecule has 0 bridgehead atoms. The summed E-state index contributed by atoms with van der Waals surface area (Å²) < 4.78 is 0. The summed E-state index contributed by atoms with van der Waals surface area (Å²) in [5.41, 5.74) is 1.29. The van der Waals surface area contributed by atoms with Gasteiger partial charge in [-0.1, -0.05) is 43.5 Å². The minimum absolute atomic E-state index is 0.0441. The molecule has 1 aromatic heterocycles. The fourth-order valence-electron chi connectivity index (χ4n) is 4.59. The number of carbonyl (C=O) groups is 2. The summed E-state index contributed by atoms with van der Waals surface area (Å²) in [4.78, 5) is 38.9. The van der Waals surface area contributed by atoms with Gasteiger partial charge in [-0.15, -0.1) is 0 Å². The standard InChI is InChI=1S/C24H28N4O2/c1-27(2)24(13-7-3-8-14-24)17-25-16-20-18-10-4-5-11-19(18)22(29)28(23(20)30)21-12-6-9-15-26-21/h4-6,9-12,15-16,20H,3,7-8,13-14,17H2,1-2H3. The number of fused-ring (bicyclic) bond motifs is 1. The largest absolute Gasteiger partial charge is 0.302 e. The van der Waals surface area contributed by atoms with E-state index in [-0.39, 0.29) is 17.4 Å². The second-order valence-electron chi connectivity index (χ2n) is 8.40. The van der Waals surface area contributed by atoms with Crippen LogP contribution < -0.4 is 4.90 Å². The van der Waals surface area contributed by atoms with Crippen LogP contribution in [0.3, 0.4) is 0 Å². The van der Waals surface area contributed by atoms with E-state index in [0.29, 0.717) is 23.5 Å². The maximum Gasteiger partial charge on any atom is 0.266 e. The van der Waals surface area contributed by atoms with E-state index in [9.17, 15) is 9.59 Å². The number of amides is 2. The Hall–Kier alpha value is -2.86. The number of rotatable bonds is 5. The quantitative estimate of drug-likeness (QED) is 0.563. The molecule has 1 fully saturated rings. The topological polar surface area (TPSA) is 65.9 Å². The van der Waals surface area contributed by atoms with E-state index in [2.05, 4.69) is 24.0 Å². The zero-order valence-electron chi connectivity index (χ0n) is 17.6. The van der Waals surface area contributed by atoms with Crippen molar-refractivity contribution in [2.45, 2.75) is 43.6 Å². The lowest BCUT2D eigenvalue weighted by atomic mass is 9.80. The van der Waals surface area contributed by atoms with Gasteiger partial charge in [0.25, 0.3) is 5.91 Å². The third kappa shape index (κ3) is 3.67. The molecule has 2 amide bonds. The molecule has 1 aliphatic heterocycles. The number of hydrogen-bond acceptors (Lipinski definition) is 5. The molecule has 30 heavy (non-hydrogen) atoms. The molecule has 2 aliphatic rings. The molecule has 6 heteroatoms. The molecule has 1 atom stereocenters. The van der Waals surface area contributed by atoms with Crippen LogP contribution in [0, 0.1) is 0 Å². The summed E-state index contributed by atoms with van der Waals surface area (Å²) in [6.45, 7) is 0.656. The van der Waals surface area contributed by atoms with Crippen molar-refractivity contribution in [1.82, 2.24) is 9.88 Å². The number of benzene rings is 1. The zero-order chi connectivity index (χ0) is 21.1. The minimum atomic E-state index is -0.594. The third-order valence-corrected chi connectivity index (χ3v) is 6.47. The van der Waals surface area contributed by atoms with Gasteiger partial charge in [0.15, 0.2) is 0 Å². The maximum atomic E-state index is 13.4. The zero-order valence-corrected chi connectivity index (χ0v) is 17.6. The number of aliphatic imine (C=N–C) groups is 1. The lowest BCUT2D eigenvalue weighted by Gasteiger charge is -2.42. The van der Waals surface area contributed by atoms with Gasteiger partial charge in [0.05, 0.1) is 12.5 Å². The Morgan fingerprint density at radius 3 is 2.53 bits per heavy atom. The number of imide groups is 1. The summed E-state index contributed by atoms with van der Waals surface area (Å²) in [5.74, 6) is -0.888. The van der Waals surface area contributed by atoms with Crippen LogP contribution in [0.4, 0.5) is 5.82 Å². The lowest BCUT2D eigenvalue weighted by molar-refractivity contribution is -0.118. The SMILES string of the molecule is CN(C)C1(CN=CC2C(=O)N(c3ccccn3)C(=O)c3ccccc32)CCCCC1. The van der Waals surface area contributed by atoms with E-state index in [0.717, 1.165) is 12.8 Å². The van der Waals surface area contributed by atoms with E-state index in [4.69, 9.17) is 4.99 Å². The Balaban J connectivity index is 1.66. The van der Waals surface area contributed by atoms with Crippen LogP contribution >= 0.6 is 0 Å². The average Bonchev–Trinajstić information content (AvgIpc) is 2.77. The second kappa shape index (κ2) is 8.48. The number of nitrogens with zero attached hydrogens (tertiary/aromatic N) is 4. The average molecular weight is 405 g/mol. The van der Waals surface area contributed by atoms with Crippen molar-refractivity contribution >= 4 is 23.8 Å². The highest BCUT2D eigenvalue weighted by Gasteiger charge is 2.40. The molecule has 1 saturated carbocycles. The molecule has 1 unspecified atom stereocenters. The highest BCUT2D eigenvalue weighted by molar-refractivity contribution is 6.28. The van der Waals surface area contributed by atoms with Gasteiger partial charge in [-0.05, 0) is 50.7 Å². The summed E-state index contributed by atoms with van der Waals surface area (Å²) >= 11 is 0. The van der Waals surface area contributed by atoms with E-state index in [1.54, 1.807) is 36.7 Å². The molecule has 2 heterocycles. The molecule has 0 N–H and O–H groups in total. The van der Waals surface area contributed by atoms with Crippen LogP contribution in [0.5, 0.6) is 0 Å². The fourth-order valence-corrected chi connectivity index (χ4v) is 4.59. The van der Waals surface area contributed by atoms with E-state index < -0.39 is 5.92 Å². The fraction of sp³-hybridized carbons (Fsp3) is 0.417. The summed E-state index contributed by atoms with van der Waals surface area (Å²) in [6, 6.07) is 12.5. The molecule has 0 radical (unpaired) electrons. The van der Waals surface area contributed by atoms with Crippen molar-refractivity contribution in [2.24, 2.45) is 4.99 Å².